The van der Waals surface area contributed by atoms with Crippen molar-refractivity contribution in [2.45, 2.75) is 30.2 Å². The molecule has 7 nitrogen and oxygen atoms in total. The first-order valence-electron chi connectivity index (χ1n) is 7.75. The van der Waals surface area contributed by atoms with Crippen LogP contribution in [0.4, 0.5) is 5.69 Å². The van der Waals surface area contributed by atoms with Crippen LogP contribution in [0.2, 0.25) is 0 Å². The summed E-state index contributed by atoms with van der Waals surface area (Å²) in [7, 11) is -3.77. The number of hydrogen-bond acceptors (Lipinski definition) is 5. The van der Waals surface area contributed by atoms with Crippen LogP contribution in [0.1, 0.15) is 30.9 Å². The van der Waals surface area contributed by atoms with Crippen LogP contribution in [-0.2, 0) is 10.0 Å². The lowest BCUT2D eigenvalue weighted by molar-refractivity contribution is -0.991. The van der Waals surface area contributed by atoms with Crippen LogP contribution < -0.4 is 5.23 Å². The third kappa shape index (κ3) is 3.33. The molecule has 0 spiro atoms. The Morgan fingerprint density at radius 1 is 1.25 bits per heavy atom. The van der Waals surface area contributed by atoms with Crippen LogP contribution in [0.5, 0.6) is 0 Å². The summed E-state index contributed by atoms with van der Waals surface area (Å²) in [5.41, 5.74) is 0.821. The fraction of sp³-hybridized carbons (Fsp3) is 0.312. The molecule has 0 bridgehead atoms. The first kappa shape index (κ1) is 17.0. The van der Waals surface area contributed by atoms with E-state index in [2.05, 4.69) is 4.98 Å². The molecule has 2 atom stereocenters. The molecule has 1 aliphatic rings. The van der Waals surface area contributed by atoms with E-state index in [4.69, 9.17) is 5.21 Å². The van der Waals surface area contributed by atoms with Crippen molar-refractivity contribution in [1.29, 1.82) is 0 Å². The molecular formula is C16H19N3O4S. The minimum absolute atomic E-state index is 0.0122. The highest BCUT2D eigenvalue weighted by atomic mass is 32.2. The molecule has 1 saturated heterocycles. The van der Waals surface area contributed by atoms with E-state index >= 15 is 0 Å². The lowest BCUT2D eigenvalue weighted by Gasteiger charge is -2.34. The van der Waals surface area contributed by atoms with Crippen LogP contribution >= 0.6 is 0 Å². The average Bonchev–Trinajstić information content (AvgIpc) is 2.62. The van der Waals surface area contributed by atoms with E-state index in [9.17, 15) is 13.6 Å². The van der Waals surface area contributed by atoms with Gasteiger partial charge in [-0.2, -0.15) is 9.53 Å². The Morgan fingerprint density at radius 3 is 2.79 bits per heavy atom. The summed E-state index contributed by atoms with van der Waals surface area (Å²) in [5, 5.41) is 19.1. The number of benzene rings is 1. The Bertz CT molecular complexity index is 796. The average molecular weight is 349 g/mol. The van der Waals surface area contributed by atoms with Gasteiger partial charge in [-0.15, -0.1) is 0 Å². The van der Waals surface area contributed by atoms with Crippen LogP contribution in [0, 0.1) is 5.21 Å². The van der Waals surface area contributed by atoms with Crippen molar-refractivity contribution in [3.63, 3.8) is 0 Å². The molecule has 2 unspecified atom stereocenters. The Hall–Kier alpha value is -1.84. The minimum atomic E-state index is -3.77. The molecule has 128 valence electrons. The number of hydrogen-bond donors (Lipinski definition) is 2. The van der Waals surface area contributed by atoms with E-state index in [-0.39, 0.29) is 16.6 Å². The molecule has 3 rings (SSSR count). The highest BCUT2D eigenvalue weighted by molar-refractivity contribution is 7.89. The summed E-state index contributed by atoms with van der Waals surface area (Å²) in [5.74, 6) is 0. The second-order valence-corrected chi connectivity index (χ2v) is 7.64. The topological polar surface area (TPSA) is 98.0 Å². The number of aromatic nitrogens is 1. The zero-order valence-electron chi connectivity index (χ0n) is 13.0. The van der Waals surface area contributed by atoms with Crippen LogP contribution in [0.25, 0.3) is 0 Å². The summed E-state index contributed by atoms with van der Waals surface area (Å²) >= 11 is 0. The van der Waals surface area contributed by atoms with Crippen molar-refractivity contribution in [2.75, 3.05) is 6.54 Å². The quantitative estimate of drug-likeness (QED) is 0.813. The standard InChI is InChI=1S/C16H19N3O4S/c20-19(21)14-6-3-7-15(11-14)24(22,23)18-10-2-1-8-16(18)13-5-4-9-17-12-13/h3-7,9,11-12,16,19-20H,1-2,8,10H2. The maximum atomic E-state index is 13.1. The van der Waals surface area contributed by atoms with Crippen molar-refractivity contribution in [3.8, 4) is 0 Å². The molecule has 0 saturated carbocycles. The van der Waals surface area contributed by atoms with Gasteiger partial charge in [-0.25, -0.2) is 13.6 Å². The molecule has 24 heavy (non-hydrogen) atoms. The Labute approximate surface area is 140 Å². The summed E-state index contributed by atoms with van der Waals surface area (Å²) in [6.07, 6.45) is 5.80. The highest BCUT2D eigenvalue weighted by Crippen LogP contribution is 2.35. The number of sulfonamides is 1. The van der Waals surface area contributed by atoms with Crippen molar-refractivity contribution in [1.82, 2.24) is 9.29 Å². The number of rotatable bonds is 4. The van der Waals surface area contributed by atoms with Gasteiger partial charge in [0.1, 0.15) is 0 Å². The highest BCUT2D eigenvalue weighted by Gasteiger charge is 2.34. The number of piperidine rings is 1. The van der Waals surface area contributed by atoms with Crippen molar-refractivity contribution in [3.05, 3.63) is 59.6 Å². The van der Waals surface area contributed by atoms with Gasteiger partial charge in [-0.3, -0.25) is 4.98 Å². The Kier molecular flexibility index (Phi) is 4.93. The molecule has 1 fully saturated rings. The number of pyridine rings is 1. The molecule has 8 heteroatoms. The Balaban J connectivity index is 1.99. The van der Waals surface area contributed by atoms with Gasteiger partial charge >= 0.3 is 0 Å². The number of quaternary nitrogens is 1. The SMILES string of the molecule is O=S(=O)(c1cccc([NH+]([O-])O)c1)N1CCCCC1c1cccnc1. The third-order valence-corrected chi connectivity index (χ3v) is 6.11. The van der Waals surface area contributed by atoms with Gasteiger partial charge in [0.2, 0.25) is 10.0 Å². The zero-order chi connectivity index (χ0) is 17.2. The second-order valence-electron chi connectivity index (χ2n) is 5.75. The summed E-state index contributed by atoms with van der Waals surface area (Å²) in [6, 6.07) is 8.89. The van der Waals surface area contributed by atoms with E-state index in [0.29, 0.717) is 6.54 Å². The van der Waals surface area contributed by atoms with Gasteiger partial charge < -0.3 is 5.21 Å². The van der Waals surface area contributed by atoms with Gasteiger partial charge in [0, 0.05) is 31.1 Å². The van der Waals surface area contributed by atoms with Crippen LogP contribution in [0.15, 0.2) is 53.7 Å². The largest absolute Gasteiger partial charge is 0.595 e. The summed E-state index contributed by atoms with van der Waals surface area (Å²) in [6.45, 7) is 0.416. The predicted octanol–water partition coefficient (Wildman–Crippen LogP) is 1.40. The van der Waals surface area contributed by atoms with E-state index < -0.39 is 15.2 Å². The van der Waals surface area contributed by atoms with Crippen molar-refractivity contribution >= 4 is 15.7 Å². The van der Waals surface area contributed by atoms with Gasteiger partial charge in [0.15, 0.2) is 5.69 Å². The lowest BCUT2D eigenvalue weighted by Crippen LogP contribution is -2.99. The van der Waals surface area contributed by atoms with Gasteiger partial charge in [0.05, 0.1) is 10.9 Å². The van der Waals surface area contributed by atoms with Crippen molar-refractivity contribution < 1.29 is 18.9 Å². The molecule has 2 N–H and O–H groups in total. The van der Waals surface area contributed by atoms with Gasteiger partial charge in [0.25, 0.3) is 0 Å². The molecule has 0 aliphatic carbocycles. The normalized spacial score (nSPS) is 20.7. The fourth-order valence-electron chi connectivity index (χ4n) is 3.02. The first-order chi connectivity index (χ1) is 11.5. The third-order valence-electron chi connectivity index (χ3n) is 4.21. The Morgan fingerprint density at radius 2 is 2.08 bits per heavy atom. The summed E-state index contributed by atoms with van der Waals surface area (Å²) in [4.78, 5) is 4.10. The molecule has 1 aliphatic heterocycles. The molecule has 0 radical (unpaired) electrons. The number of nitrogens with one attached hydrogen (secondary N) is 1. The van der Waals surface area contributed by atoms with Crippen molar-refractivity contribution in [2.24, 2.45) is 0 Å². The minimum Gasteiger partial charge on any atom is -0.595 e. The first-order valence-corrected chi connectivity index (χ1v) is 9.19. The van der Waals surface area contributed by atoms with Gasteiger partial charge in [-0.05, 0) is 30.5 Å². The van der Waals surface area contributed by atoms with Gasteiger partial charge in [-0.1, -0.05) is 18.6 Å². The zero-order valence-corrected chi connectivity index (χ0v) is 13.8. The smallest absolute Gasteiger partial charge is 0.243 e. The maximum Gasteiger partial charge on any atom is 0.243 e. The lowest BCUT2D eigenvalue weighted by atomic mass is 9.99. The molecule has 1 aromatic carbocycles. The van der Waals surface area contributed by atoms with Crippen LogP contribution in [0.3, 0.4) is 0 Å². The molecule has 1 aromatic heterocycles. The fourth-order valence-corrected chi connectivity index (χ4v) is 4.75. The van der Waals surface area contributed by atoms with E-state index in [1.807, 2.05) is 6.07 Å². The van der Waals surface area contributed by atoms with E-state index in [1.54, 1.807) is 18.5 Å². The van der Waals surface area contributed by atoms with E-state index in [1.165, 1.54) is 28.6 Å². The predicted molar refractivity (Wildman–Crippen MR) is 86.9 cm³/mol. The molecule has 2 heterocycles. The molecule has 2 aromatic rings. The maximum absolute atomic E-state index is 13.1. The van der Waals surface area contributed by atoms with Crippen LogP contribution in [-0.4, -0.2) is 29.5 Å². The second kappa shape index (κ2) is 6.96. The molecular weight excluding hydrogens is 330 g/mol. The summed E-state index contributed by atoms with van der Waals surface area (Å²) < 4.78 is 27.6. The molecule has 0 amide bonds. The number of nitrogens with zero attached hydrogens (tertiary/aromatic N) is 2. The monoisotopic (exact) mass is 349 g/mol. The van der Waals surface area contributed by atoms with E-state index in [0.717, 1.165) is 24.8 Å².